The fourth-order valence-corrected chi connectivity index (χ4v) is 1.37. The summed E-state index contributed by atoms with van der Waals surface area (Å²) in [6, 6.07) is 0. The lowest BCUT2D eigenvalue weighted by molar-refractivity contribution is -0.117. The topological polar surface area (TPSA) is 38.3 Å². The van der Waals surface area contributed by atoms with E-state index in [0.717, 1.165) is 19.3 Å². The Kier molecular flexibility index (Phi) is 8.73. The molecule has 0 heterocycles. The molecule has 0 aliphatic heterocycles. The van der Waals surface area contributed by atoms with Crippen molar-refractivity contribution in [2.75, 3.05) is 13.2 Å². The van der Waals surface area contributed by atoms with Crippen LogP contribution in [0, 0.1) is 5.92 Å². The first-order valence-corrected chi connectivity index (χ1v) is 7.07. The van der Waals surface area contributed by atoms with E-state index in [-0.39, 0.29) is 11.5 Å². The molecular formula is C15H29NO2. The van der Waals surface area contributed by atoms with Gasteiger partial charge in [0.05, 0.1) is 12.2 Å². The van der Waals surface area contributed by atoms with E-state index in [1.54, 1.807) is 6.08 Å². The summed E-state index contributed by atoms with van der Waals surface area (Å²) in [5.41, 5.74) is -0.0582. The van der Waals surface area contributed by atoms with Gasteiger partial charge < -0.3 is 10.1 Å². The number of allylic oxidation sites excluding steroid dienone is 1. The van der Waals surface area contributed by atoms with Crippen LogP contribution < -0.4 is 5.32 Å². The highest BCUT2D eigenvalue weighted by molar-refractivity contribution is 5.87. The van der Waals surface area contributed by atoms with Crippen LogP contribution in [0.5, 0.6) is 0 Å². The van der Waals surface area contributed by atoms with Crippen LogP contribution in [0.1, 0.15) is 53.9 Å². The molecule has 1 atom stereocenters. The first-order valence-electron chi connectivity index (χ1n) is 7.07. The van der Waals surface area contributed by atoms with E-state index in [1.807, 2.05) is 6.08 Å². The number of hydrogen-bond acceptors (Lipinski definition) is 2. The van der Waals surface area contributed by atoms with Gasteiger partial charge in [0.25, 0.3) is 0 Å². The molecule has 0 aromatic rings. The van der Waals surface area contributed by atoms with Crippen molar-refractivity contribution < 1.29 is 9.53 Å². The zero-order valence-electron chi connectivity index (χ0n) is 12.6. The van der Waals surface area contributed by atoms with Crippen LogP contribution in [0.25, 0.3) is 0 Å². The van der Waals surface area contributed by atoms with Crippen molar-refractivity contribution in [3.05, 3.63) is 12.2 Å². The minimum atomic E-state index is -0.0582. The van der Waals surface area contributed by atoms with Gasteiger partial charge in [-0.05, 0) is 31.8 Å². The van der Waals surface area contributed by atoms with Gasteiger partial charge in [0, 0.05) is 6.54 Å². The molecule has 0 aliphatic rings. The van der Waals surface area contributed by atoms with Crippen molar-refractivity contribution in [2.45, 2.75) is 59.5 Å². The van der Waals surface area contributed by atoms with Crippen LogP contribution >= 0.6 is 0 Å². The van der Waals surface area contributed by atoms with Crippen LogP contribution in [0.15, 0.2) is 12.2 Å². The Balaban J connectivity index is 3.79. The molecule has 1 amide bonds. The Hall–Kier alpha value is -0.830. The first-order chi connectivity index (χ1) is 8.47. The predicted molar refractivity (Wildman–Crippen MR) is 76.5 cm³/mol. The second kappa shape index (κ2) is 9.15. The summed E-state index contributed by atoms with van der Waals surface area (Å²) >= 11 is 0. The molecule has 0 aliphatic carbocycles. The Morgan fingerprint density at radius 1 is 1.33 bits per heavy atom. The molecule has 1 N–H and O–H groups in total. The largest absolute Gasteiger partial charge is 0.373 e. The molecular weight excluding hydrogens is 226 g/mol. The third-order valence-corrected chi connectivity index (χ3v) is 3.57. The van der Waals surface area contributed by atoms with E-state index < -0.39 is 0 Å². The molecule has 0 aromatic heterocycles. The van der Waals surface area contributed by atoms with E-state index in [0.29, 0.717) is 19.1 Å². The number of amides is 1. The molecule has 1 unspecified atom stereocenters. The molecule has 0 saturated carbocycles. The maximum absolute atomic E-state index is 11.5. The van der Waals surface area contributed by atoms with Crippen molar-refractivity contribution in [3.8, 4) is 0 Å². The van der Waals surface area contributed by atoms with Gasteiger partial charge in [-0.2, -0.15) is 0 Å². The van der Waals surface area contributed by atoms with Crippen LogP contribution in [-0.4, -0.2) is 24.7 Å². The number of nitrogens with one attached hydrogen (secondary N) is 1. The average molecular weight is 255 g/mol. The summed E-state index contributed by atoms with van der Waals surface area (Å²) in [5.74, 6) is 0.420. The lowest BCUT2D eigenvalue weighted by atomic mass is 10.0. The summed E-state index contributed by atoms with van der Waals surface area (Å²) in [4.78, 5) is 11.5. The third-order valence-electron chi connectivity index (χ3n) is 3.57. The average Bonchev–Trinajstić information content (AvgIpc) is 2.40. The SMILES string of the molecule is CCC(C)C=CC(=O)NCCOC(C)(CC)CC. The normalized spacial score (nSPS) is 13.8. The molecule has 0 aromatic carbocycles. The smallest absolute Gasteiger partial charge is 0.243 e. The second-order valence-electron chi connectivity index (χ2n) is 5.04. The zero-order chi connectivity index (χ0) is 14.0. The number of ether oxygens (including phenoxy) is 1. The lowest BCUT2D eigenvalue weighted by Gasteiger charge is -2.27. The Labute approximate surface area is 112 Å². The summed E-state index contributed by atoms with van der Waals surface area (Å²) < 4.78 is 5.79. The third kappa shape index (κ3) is 7.49. The van der Waals surface area contributed by atoms with Crippen molar-refractivity contribution in [3.63, 3.8) is 0 Å². The minimum Gasteiger partial charge on any atom is -0.373 e. The zero-order valence-corrected chi connectivity index (χ0v) is 12.6. The number of rotatable bonds is 9. The maximum Gasteiger partial charge on any atom is 0.243 e. The Bertz CT molecular complexity index is 257. The lowest BCUT2D eigenvalue weighted by Crippen LogP contribution is -2.32. The highest BCUT2D eigenvalue weighted by atomic mass is 16.5. The summed E-state index contributed by atoms with van der Waals surface area (Å²) in [7, 11) is 0. The van der Waals surface area contributed by atoms with Crippen molar-refractivity contribution in [1.82, 2.24) is 5.32 Å². The Morgan fingerprint density at radius 3 is 2.44 bits per heavy atom. The van der Waals surface area contributed by atoms with E-state index in [2.05, 4.69) is 39.9 Å². The van der Waals surface area contributed by atoms with E-state index in [1.165, 1.54) is 0 Å². The molecule has 18 heavy (non-hydrogen) atoms. The summed E-state index contributed by atoms with van der Waals surface area (Å²) in [6.07, 6.45) is 6.60. The van der Waals surface area contributed by atoms with Crippen molar-refractivity contribution in [1.29, 1.82) is 0 Å². The first kappa shape index (κ1) is 17.2. The highest BCUT2D eigenvalue weighted by Crippen LogP contribution is 2.18. The van der Waals surface area contributed by atoms with Gasteiger partial charge >= 0.3 is 0 Å². The highest BCUT2D eigenvalue weighted by Gasteiger charge is 2.19. The standard InChI is InChI=1S/C15H29NO2/c1-6-13(4)9-10-14(17)16-11-12-18-15(5,7-2)8-3/h9-10,13H,6-8,11-12H2,1-5H3,(H,16,17). The summed E-state index contributed by atoms with van der Waals surface area (Å²) in [5, 5.41) is 2.83. The molecule has 0 saturated heterocycles. The second-order valence-corrected chi connectivity index (χ2v) is 5.04. The number of carbonyl (C=O) groups excluding carboxylic acids is 1. The molecule has 3 nitrogen and oxygen atoms in total. The number of hydrogen-bond donors (Lipinski definition) is 1. The van der Waals surface area contributed by atoms with E-state index >= 15 is 0 Å². The van der Waals surface area contributed by atoms with E-state index in [4.69, 9.17) is 4.74 Å². The molecule has 3 heteroatoms. The van der Waals surface area contributed by atoms with Gasteiger partial charge in [-0.25, -0.2) is 0 Å². The molecule has 0 bridgehead atoms. The molecule has 0 fully saturated rings. The summed E-state index contributed by atoms with van der Waals surface area (Å²) in [6.45, 7) is 11.7. The fourth-order valence-electron chi connectivity index (χ4n) is 1.37. The van der Waals surface area contributed by atoms with Gasteiger partial charge in [-0.15, -0.1) is 0 Å². The van der Waals surface area contributed by atoms with E-state index in [9.17, 15) is 4.79 Å². The van der Waals surface area contributed by atoms with Gasteiger partial charge in [-0.1, -0.05) is 40.2 Å². The maximum atomic E-state index is 11.5. The number of carbonyl (C=O) groups is 1. The van der Waals surface area contributed by atoms with Crippen LogP contribution in [0.3, 0.4) is 0 Å². The van der Waals surface area contributed by atoms with Gasteiger partial charge in [0.2, 0.25) is 5.91 Å². The van der Waals surface area contributed by atoms with Crippen LogP contribution in [0.4, 0.5) is 0 Å². The fraction of sp³-hybridized carbons (Fsp3) is 0.800. The molecule has 0 radical (unpaired) electrons. The van der Waals surface area contributed by atoms with Gasteiger partial charge in [-0.3, -0.25) is 4.79 Å². The van der Waals surface area contributed by atoms with Crippen LogP contribution in [0.2, 0.25) is 0 Å². The minimum absolute atomic E-state index is 0.0337. The monoisotopic (exact) mass is 255 g/mol. The van der Waals surface area contributed by atoms with Crippen LogP contribution in [-0.2, 0) is 9.53 Å². The van der Waals surface area contributed by atoms with Crippen molar-refractivity contribution >= 4 is 5.91 Å². The predicted octanol–water partition coefficient (Wildman–Crippen LogP) is 3.30. The molecule has 0 rings (SSSR count). The molecule has 0 spiro atoms. The Morgan fingerprint density at radius 2 is 1.94 bits per heavy atom. The quantitative estimate of drug-likeness (QED) is 0.507. The van der Waals surface area contributed by atoms with Gasteiger partial charge in [0.1, 0.15) is 0 Å². The van der Waals surface area contributed by atoms with Gasteiger partial charge in [0.15, 0.2) is 0 Å². The van der Waals surface area contributed by atoms with Crippen molar-refractivity contribution in [2.24, 2.45) is 5.92 Å². The molecule has 106 valence electrons.